The standard InChI is InChI=1S/C19H22N2O2S/c1-21-11-9-16-17-13-15(7-8-18(17)20-19(16)10-12-21)24(22,23)14-5-3-2-4-6-14/h2-8,13,16,19-20H,9-12H2,1H3/t16-,19-/m0/s1. The molecule has 2 aliphatic heterocycles. The molecule has 0 amide bonds. The Kier molecular flexibility index (Phi) is 3.85. The number of likely N-dealkylation sites (tertiary alicyclic amines) is 1. The lowest BCUT2D eigenvalue weighted by Gasteiger charge is -2.16. The summed E-state index contributed by atoms with van der Waals surface area (Å²) in [6.07, 6.45) is 2.16. The first-order chi connectivity index (χ1) is 11.6. The van der Waals surface area contributed by atoms with Crippen molar-refractivity contribution in [1.82, 2.24) is 4.90 Å². The average Bonchev–Trinajstić information content (AvgIpc) is 2.85. The summed E-state index contributed by atoms with van der Waals surface area (Å²) < 4.78 is 25.8. The molecule has 5 heteroatoms. The monoisotopic (exact) mass is 342 g/mol. The summed E-state index contributed by atoms with van der Waals surface area (Å²) >= 11 is 0. The molecule has 0 radical (unpaired) electrons. The average molecular weight is 342 g/mol. The van der Waals surface area contributed by atoms with Gasteiger partial charge in [0.05, 0.1) is 9.79 Å². The smallest absolute Gasteiger partial charge is 0.206 e. The number of rotatable bonds is 2. The number of nitrogens with zero attached hydrogens (tertiary/aromatic N) is 1. The summed E-state index contributed by atoms with van der Waals surface area (Å²) in [7, 11) is -1.31. The van der Waals surface area contributed by atoms with Crippen LogP contribution in [0.1, 0.15) is 24.3 Å². The fourth-order valence-electron chi connectivity index (χ4n) is 3.86. The number of anilines is 1. The zero-order valence-corrected chi connectivity index (χ0v) is 14.6. The van der Waals surface area contributed by atoms with Crippen LogP contribution in [-0.4, -0.2) is 39.5 Å². The van der Waals surface area contributed by atoms with Crippen molar-refractivity contribution in [1.29, 1.82) is 0 Å². The molecule has 1 saturated heterocycles. The maximum absolute atomic E-state index is 12.9. The molecule has 2 atom stereocenters. The third-order valence-corrected chi connectivity index (χ3v) is 7.02. The van der Waals surface area contributed by atoms with Gasteiger partial charge in [0, 0.05) is 17.6 Å². The molecule has 2 heterocycles. The van der Waals surface area contributed by atoms with Gasteiger partial charge in [0.1, 0.15) is 0 Å². The van der Waals surface area contributed by atoms with Crippen molar-refractivity contribution in [3.63, 3.8) is 0 Å². The molecule has 0 bridgehead atoms. The quantitative estimate of drug-likeness (QED) is 0.911. The number of benzene rings is 2. The van der Waals surface area contributed by atoms with Crippen LogP contribution in [0.3, 0.4) is 0 Å². The lowest BCUT2D eigenvalue weighted by Crippen LogP contribution is -2.22. The van der Waals surface area contributed by atoms with Gasteiger partial charge in [-0.1, -0.05) is 18.2 Å². The van der Waals surface area contributed by atoms with Crippen molar-refractivity contribution in [3.05, 3.63) is 54.1 Å². The van der Waals surface area contributed by atoms with Crippen LogP contribution >= 0.6 is 0 Å². The Bertz CT molecular complexity index is 849. The van der Waals surface area contributed by atoms with Gasteiger partial charge < -0.3 is 10.2 Å². The van der Waals surface area contributed by atoms with Crippen molar-refractivity contribution in [2.75, 3.05) is 25.5 Å². The largest absolute Gasteiger partial charge is 0.381 e. The van der Waals surface area contributed by atoms with Gasteiger partial charge in [-0.2, -0.15) is 0 Å². The van der Waals surface area contributed by atoms with Gasteiger partial charge in [0.2, 0.25) is 9.84 Å². The first-order valence-corrected chi connectivity index (χ1v) is 9.93. The van der Waals surface area contributed by atoms with E-state index in [0.29, 0.717) is 21.8 Å². The van der Waals surface area contributed by atoms with E-state index in [2.05, 4.69) is 17.3 Å². The topological polar surface area (TPSA) is 49.4 Å². The maximum Gasteiger partial charge on any atom is 0.206 e. The Balaban J connectivity index is 1.72. The highest BCUT2D eigenvalue weighted by Crippen LogP contribution is 2.42. The van der Waals surface area contributed by atoms with E-state index in [1.807, 2.05) is 18.2 Å². The minimum Gasteiger partial charge on any atom is -0.381 e. The van der Waals surface area contributed by atoms with E-state index >= 15 is 0 Å². The highest BCUT2D eigenvalue weighted by Gasteiger charge is 2.34. The van der Waals surface area contributed by atoms with Crippen LogP contribution < -0.4 is 5.32 Å². The predicted octanol–water partition coefficient (Wildman–Crippen LogP) is 3.12. The zero-order chi connectivity index (χ0) is 16.7. The molecular weight excluding hydrogens is 320 g/mol. The minimum atomic E-state index is -3.46. The molecule has 0 saturated carbocycles. The van der Waals surface area contributed by atoms with Gasteiger partial charge in [0.25, 0.3) is 0 Å². The molecule has 0 aromatic heterocycles. The van der Waals surface area contributed by atoms with Crippen molar-refractivity contribution >= 4 is 15.5 Å². The van der Waals surface area contributed by atoms with Crippen LogP contribution in [0.2, 0.25) is 0 Å². The van der Waals surface area contributed by atoms with Crippen LogP contribution in [-0.2, 0) is 9.84 Å². The molecule has 126 valence electrons. The van der Waals surface area contributed by atoms with E-state index in [9.17, 15) is 8.42 Å². The highest BCUT2D eigenvalue weighted by molar-refractivity contribution is 7.91. The normalized spacial score (nSPS) is 23.9. The first-order valence-electron chi connectivity index (χ1n) is 8.45. The van der Waals surface area contributed by atoms with Gasteiger partial charge in [-0.25, -0.2) is 8.42 Å². The molecule has 2 aliphatic rings. The molecule has 0 unspecified atom stereocenters. The van der Waals surface area contributed by atoms with E-state index in [0.717, 1.165) is 37.2 Å². The SMILES string of the molecule is CN1CC[C@@H]2Nc3ccc(S(=O)(=O)c4ccccc4)cc3[C@@H]2CC1. The Labute approximate surface area is 143 Å². The van der Waals surface area contributed by atoms with E-state index in [4.69, 9.17) is 0 Å². The summed E-state index contributed by atoms with van der Waals surface area (Å²) in [5.41, 5.74) is 2.26. The van der Waals surface area contributed by atoms with Crippen molar-refractivity contribution in [2.45, 2.75) is 34.6 Å². The fourth-order valence-corrected chi connectivity index (χ4v) is 5.18. The van der Waals surface area contributed by atoms with Gasteiger partial charge in [-0.05, 0) is 68.9 Å². The summed E-state index contributed by atoms with van der Waals surface area (Å²) in [4.78, 5) is 3.10. The second-order valence-electron chi connectivity index (χ2n) is 6.80. The van der Waals surface area contributed by atoms with Gasteiger partial charge >= 0.3 is 0 Å². The van der Waals surface area contributed by atoms with E-state index in [1.165, 1.54) is 0 Å². The molecule has 0 aliphatic carbocycles. The molecule has 2 aromatic rings. The lowest BCUT2D eigenvalue weighted by atomic mass is 9.91. The van der Waals surface area contributed by atoms with Gasteiger partial charge in [-0.15, -0.1) is 0 Å². The van der Waals surface area contributed by atoms with E-state index < -0.39 is 9.84 Å². The third-order valence-electron chi connectivity index (χ3n) is 5.26. The number of fused-ring (bicyclic) bond motifs is 3. The predicted molar refractivity (Wildman–Crippen MR) is 95.2 cm³/mol. The van der Waals surface area contributed by atoms with Crippen LogP contribution in [0.5, 0.6) is 0 Å². The zero-order valence-electron chi connectivity index (χ0n) is 13.8. The Morgan fingerprint density at radius 3 is 2.54 bits per heavy atom. The Morgan fingerprint density at radius 2 is 1.75 bits per heavy atom. The van der Waals surface area contributed by atoms with Crippen LogP contribution in [0, 0.1) is 0 Å². The molecule has 1 N–H and O–H groups in total. The third kappa shape index (κ3) is 2.62. The molecule has 4 nitrogen and oxygen atoms in total. The van der Waals surface area contributed by atoms with Crippen molar-refractivity contribution in [3.8, 4) is 0 Å². The Hall–Kier alpha value is -1.85. The van der Waals surface area contributed by atoms with Crippen LogP contribution in [0.25, 0.3) is 0 Å². The minimum absolute atomic E-state index is 0.355. The van der Waals surface area contributed by atoms with Crippen molar-refractivity contribution in [2.24, 2.45) is 0 Å². The molecule has 2 aromatic carbocycles. The number of hydrogen-bond donors (Lipinski definition) is 1. The molecule has 1 fully saturated rings. The molecule has 4 rings (SSSR count). The lowest BCUT2D eigenvalue weighted by molar-refractivity contribution is 0.346. The highest BCUT2D eigenvalue weighted by atomic mass is 32.2. The molecular formula is C19H22N2O2S. The number of sulfone groups is 1. The Morgan fingerprint density at radius 1 is 1.00 bits per heavy atom. The second kappa shape index (κ2) is 5.90. The number of hydrogen-bond acceptors (Lipinski definition) is 4. The van der Waals surface area contributed by atoms with Gasteiger partial charge in [-0.3, -0.25) is 0 Å². The summed E-state index contributed by atoms with van der Waals surface area (Å²) in [6.45, 7) is 2.13. The second-order valence-corrected chi connectivity index (χ2v) is 8.75. The maximum atomic E-state index is 12.9. The molecule has 24 heavy (non-hydrogen) atoms. The summed E-state index contributed by atoms with van der Waals surface area (Å²) in [5, 5.41) is 3.59. The van der Waals surface area contributed by atoms with Crippen LogP contribution in [0.15, 0.2) is 58.3 Å². The van der Waals surface area contributed by atoms with Gasteiger partial charge in [0.15, 0.2) is 0 Å². The van der Waals surface area contributed by atoms with E-state index in [-0.39, 0.29) is 0 Å². The van der Waals surface area contributed by atoms with Crippen molar-refractivity contribution < 1.29 is 8.42 Å². The fraction of sp³-hybridized carbons (Fsp3) is 0.368. The number of nitrogens with one attached hydrogen (secondary N) is 1. The first kappa shape index (κ1) is 15.7. The molecule has 0 spiro atoms. The van der Waals surface area contributed by atoms with E-state index in [1.54, 1.807) is 30.3 Å². The summed E-state index contributed by atoms with van der Waals surface area (Å²) in [5.74, 6) is 0.399. The van der Waals surface area contributed by atoms with Crippen LogP contribution in [0.4, 0.5) is 5.69 Å². The summed E-state index contributed by atoms with van der Waals surface area (Å²) in [6, 6.07) is 14.6.